The SMILES string of the molecule is C=C(C)OCc1ccccc1.C=CCC(CCC)CCC. The Kier molecular flexibility index (Phi) is 12.5. The summed E-state index contributed by atoms with van der Waals surface area (Å²) in [5.74, 6) is 1.67. The number of rotatable bonds is 9. The minimum absolute atomic E-state index is 0.621. The fourth-order valence-electron chi connectivity index (χ4n) is 2.21. The van der Waals surface area contributed by atoms with E-state index in [1.807, 2.05) is 37.3 Å². The van der Waals surface area contributed by atoms with Gasteiger partial charge in [-0.25, -0.2) is 0 Å². The van der Waals surface area contributed by atoms with Crippen LogP contribution in [0.1, 0.15) is 58.4 Å². The maximum atomic E-state index is 5.23. The molecule has 1 aromatic carbocycles. The first-order chi connectivity index (χ1) is 10.1. The Labute approximate surface area is 131 Å². The highest BCUT2D eigenvalue weighted by Gasteiger charge is 2.02. The summed E-state index contributed by atoms with van der Waals surface area (Å²) in [7, 11) is 0. The van der Waals surface area contributed by atoms with Crippen molar-refractivity contribution in [2.24, 2.45) is 5.92 Å². The van der Waals surface area contributed by atoms with E-state index in [4.69, 9.17) is 4.74 Å². The van der Waals surface area contributed by atoms with Gasteiger partial charge in [0, 0.05) is 0 Å². The number of ether oxygens (including phenoxy) is 1. The van der Waals surface area contributed by atoms with Crippen LogP contribution < -0.4 is 0 Å². The zero-order valence-electron chi connectivity index (χ0n) is 14.1. The number of benzene rings is 1. The maximum Gasteiger partial charge on any atom is 0.113 e. The van der Waals surface area contributed by atoms with Crippen molar-refractivity contribution in [1.29, 1.82) is 0 Å². The average molecular weight is 288 g/mol. The Morgan fingerprint density at radius 3 is 2.14 bits per heavy atom. The van der Waals surface area contributed by atoms with Crippen LogP contribution in [0.25, 0.3) is 0 Å². The molecule has 0 unspecified atom stereocenters. The van der Waals surface area contributed by atoms with Crippen molar-refractivity contribution in [1.82, 2.24) is 0 Å². The van der Waals surface area contributed by atoms with Gasteiger partial charge in [-0.15, -0.1) is 6.58 Å². The molecular weight excluding hydrogens is 256 g/mol. The molecule has 0 fully saturated rings. The van der Waals surface area contributed by atoms with Crippen LogP contribution in [-0.2, 0) is 11.3 Å². The molecule has 0 atom stereocenters. The van der Waals surface area contributed by atoms with E-state index < -0.39 is 0 Å². The highest BCUT2D eigenvalue weighted by molar-refractivity contribution is 5.13. The predicted molar refractivity (Wildman–Crippen MR) is 94.2 cm³/mol. The number of hydrogen-bond acceptors (Lipinski definition) is 1. The fraction of sp³-hybridized carbons (Fsp3) is 0.500. The summed E-state index contributed by atoms with van der Waals surface area (Å²) in [6, 6.07) is 10.0. The van der Waals surface area contributed by atoms with Gasteiger partial charge in [0.15, 0.2) is 0 Å². The van der Waals surface area contributed by atoms with E-state index in [9.17, 15) is 0 Å². The van der Waals surface area contributed by atoms with E-state index in [0.29, 0.717) is 6.61 Å². The Morgan fingerprint density at radius 2 is 1.71 bits per heavy atom. The van der Waals surface area contributed by atoms with Crippen LogP contribution in [0.15, 0.2) is 55.3 Å². The van der Waals surface area contributed by atoms with Gasteiger partial charge in [-0.1, -0.05) is 82.5 Å². The smallest absolute Gasteiger partial charge is 0.113 e. The highest BCUT2D eigenvalue weighted by atomic mass is 16.5. The van der Waals surface area contributed by atoms with E-state index >= 15 is 0 Å². The molecule has 21 heavy (non-hydrogen) atoms. The quantitative estimate of drug-likeness (QED) is 0.371. The van der Waals surface area contributed by atoms with Crippen LogP contribution in [-0.4, -0.2) is 0 Å². The molecule has 0 radical (unpaired) electrons. The van der Waals surface area contributed by atoms with Crippen molar-refractivity contribution in [3.63, 3.8) is 0 Å². The Balaban J connectivity index is 0.000000384. The third kappa shape index (κ3) is 12.0. The van der Waals surface area contributed by atoms with Gasteiger partial charge in [0.25, 0.3) is 0 Å². The molecule has 0 saturated heterocycles. The van der Waals surface area contributed by atoms with Crippen LogP contribution in [0.4, 0.5) is 0 Å². The van der Waals surface area contributed by atoms with Crippen LogP contribution in [0.5, 0.6) is 0 Å². The third-order valence-electron chi connectivity index (χ3n) is 3.22. The van der Waals surface area contributed by atoms with E-state index in [-0.39, 0.29) is 0 Å². The summed E-state index contributed by atoms with van der Waals surface area (Å²) in [6.45, 7) is 14.4. The molecule has 118 valence electrons. The highest BCUT2D eigenvalue weighted by Crippen LogP contribution is 2.17. The molecule has 0 N–H and O–H groups in total. The second-order valence-electron chi connectivity index (χ2n) is 5.44. The van der Waals surface area contributed by atoms with Crippen molar-refractivity contribution in [3.8, 4) is 0 Å². The number of hydrogen-bond donors (Lipinski definition) is 0. The molecule has 0 aliphatic heterocycles. The molecule has 0 heterocycles. The molecule has 1 aromatic rings. The number of allylic oxidation sites excluding steroid dienone is 2. The molecule has 0 amide bonds. The lowest BCUT2D eigenvalue weighted by atomic mass is 9.95. The molecule has 0 aromatic heterocycles. The summed E-state index contributed by atoms with van der Waals surface area (Å²) in [5.41, 5.74) is 1.18. The van der Waals surface area contributed by atoms with Gasteiger partial charge in [0.2, 0.25) is 0 Å². The van der Waals surface area contributed by atoms with Crippen molar-refractivity contribution < 1.29 is 4.74 Å². The third-order valence-corrected chi connectivity index (χ3v) is 3.22. The van der Waals surface area contributed by atoms with Gasteiger partial charge in [0.05, 0.1) is 5.76 Å². The largest absolute Gasteiger partial charge is 0.494 e. The van der Waals surface area contributed by atoms with E-state index in [0.717, 1.165) is 11.7 Å². The normalized spacial score (nSPS) is 9.71. The molecule has 1 rings (SSSR count). The lowest BCUT2D eigenvalue weighted by Gasteiger charge is -2.11. The minimum Gasteiger partial charge on any atom is -0.494 e. The molecule has 0 spiro atoms. The first-order valence-corrected chi connectivity index (χ1v) is 8.07. The Bertz CT molecular complexity index is 361. The summed E-state index contributed by atoms with van der Waals surface area (Å²) in [4.78, 5) is 0. The lowest BCUT2D eigenvalue weighted by molar-refractivity contribution is 0.202. The second-order valence-corrected chi connectivity index (χ2v) is 5.44. The summed E-state index contributed by atoms with van der Waals surface area (Å²) in [6.07, 6.45) is 8.65. The van der Waals surface area contributed by atoms with E-state index in [2.05, 4.69) is 33.1 Å². The maximum absolute atomic E-state index is 5.23. The first kappa shape index (κ1) is 19.5. The summed E-state index contributed by atoms with van der Waals surface area (Å²) in [5, 5.41) is 0. The standard InChI is InChI=1S/C10H12O.C10H20/c1-9(2)11-8-10-6-4-3-5-7-10;1-4-7-10(8-5-2)9-6-3/h3-7H,1,8H2,2H3;4,10H,1,5-9H2,2-3H3. The predicted octanol–water partition coefficient (Wildman–Crippen LogP) is 6.52. The van der Waals surface area contributed by atoms with Crippen LogP contribution in [0.2, 0.25) is 0 Å². The Morgan fingerprint density at radius 1 is 1.14 bits per heavy atom. The van der Waals surface area contributed by atoms with Gasteiger partial charge >= 0.3 is 0 Å². The van der Waals surface area contributed by atoms with Crippen molar-refractivity contribution in [3.05, 3.63) is 60.9 Å². The molecule has 1 nitrogen and oxygen atoms in total. The fourth-order valence-corrected chi connectivity index (χ4v) is 2.21. The monoisotopic (exact) mass is 288 g/mol. The van der Waals surface area contributed by atoms with Crippen molar-refractivity contribution in [2.75, 3.05) is 0 Å². The zero-order valence-corrected chi connectivity index (χ0v) is 14.1. The average Bonchev–Trinajstić information content (AvgIpc) is 2.48. The van der Waals surface area contributed by atoms with Gasteiger partial charge in [-0.3, -0.25) is 0 Å². The summed E-state index contributed by atoms with van der Waals surface area (Å²) >= 11 is 0. The molecule has 0 bridgehead atoms. The topological polar surface area (TPSA) is 9.23 Å². The molecule has 0 aliphatic carbocycles. The molecule has 0 saturated carbocycles. The Hall–Kier alpha value is -1.50. The van der Waals surface area contributed by atoms with E-state index in [1.165, 1.54) is 37.7 Å². The van der Waals surface area contributed by atoms with Crippen LogP contribution in [0.3, 0.4) is 0 Å². The molecular formula is C20H32O. The van der Waals surface area contributed by atoms with E-state index in [1.54, 1.807) is 0 Å². The van der Waals surface area contributed by atoms with Crippen molar-refractivity contribution >= 4 is 0 Å². The molecule has 0 aliphatic rings. The molecule has 1 heteroatoms. The van der Waals surface area contributed by atoms with Crippen molar-refractivity contribution in [2.45, 2.75) is 59.5 Å². The first-order valence-electron chi connectivity index (χ1n) is 8.07. The zero-order chi connectivity index (χ0) is 15.9. The van der Waals surface area contributed by atoms with Crippen LogP contribution >= 0.6 is 0 Å². The van der Waals surface area contributed by atoms with Crippen LogP contribution in [0, 0.1) is 5.92 Å². The lowest BCUT2D eigenvalue weighted by Crippen LogP contribution is -1.97. The van der Waals surface area contributed by atoms with Gasteiger partial charge < -0.3 is 4.74 Å². The van der Waals surface area contributed by atoms with Gasteiger partial charge in [-0.05, 0) is 24.8 Å². The van der Waals surface area contributed by atoms with Gasteiger partial charge in [-0.2, -0.15) is 0 Å². The summed E-state index contributed by atoms with van der Waals surface area (Å²) < 4.78 is 5.23. The second kappa shape index (κ2) is 13.5. The minimum atomic E-state index is 0.621. The van der Waals surface area contributed by atoms with Gasteiger partial charge in [0.1, 0.15) is 6.61 Å².